The van der Waals surface area contributed by atoms with Crippen LogP contribution in [0.2, 0.25) is 0 Å². The van der Waals surface area contributed by atoms with Crippen LogP contribution in [0.1, 0.15) is 39.6 Å². The van der Waals surface area contributed by atoms with Gasteiger partial charge in [0.2, 0.25) is 0 Å². The van der Waals surface area contributed by atoms with Gasteiger partial charge in [-0.1, -0.05) is 30.3 Å². The molecular weight excluding hydrogens is 306 g/mol. The largest absolute Gasteiger partial charge is 0.396 e. The second kappa shape index (κ2) is 7.40. The highest BCUT2D eigenvalue weighted by atomic mass is 16.3. The van der Waals surface area contributed by atoms with Gasteiger partial charge in [-0.3, -0.25) is 9.59 Å². The lowest BCUT2D eigenvalue weighted by Gasteiger charge is -2.28. The molecule has 0 aliphatic rings. The molecule has 6 heteroatoms. The molecule has 1 atom stereocenters. The maximum absolute atomic E-state index is 13.0. The minimum atomic E-state index is -0.411. The van der Waals surface area contributed by atoms with Gasteiger partial charge in [-0.2, -0.15) is 5.10 Å². The average molecular weight is 329 g/mol. The number of carbonyl (C=O) groups excluding carboxylic acids is 1. The van der Waals surface area contributed by atoms with Gasteiger partial charge in [-0.05, 0) is 31.4 Å². The summed E-state index contributed by atoms with van der Waals surface area (Å²) < 4.78 is 1.19. The van der Waals surface area contributed by atoms with E-state index in [0.717, 1.165) is 5.56 Å². The summed E-state index contributed by atoms with van der Waals surface area (Å²) in [6, 6.07) is 9.19. The molecule has 1 heterocycles. The van der Waals surface area contributed by atoms with Crippen molar-refractivity contribution in [2.75, 3.05) is 13.7 Å². The minimum Gasteiger partial charge on any atom is -0.396 e. The van der Waals surface area contributed by atoms with Crippen molar-refractivity contribution >= 4 is 5.91 Å². The van der Waals surface area contributed by atoms with Crippen LogP contribution in [-0.2, 0) is 7.05 Å². The van der Waals surface area contributed by atoms with E-state index in [1.165, 1.54) is 16.6 Å². The maximum atomic E-state index is 13.0. The Morgan fingerprint density at radius 1 is 1.29 bits per heavy atom. The van der Waals surface area contributed by atoms with Crippen LogP contribution in [0.3, 0.4) is 0 Å². The summed E-state index contributed by atoms with van der Waals surface area (Å²) in [5.41, 5.74) is 1.87. The van der Waals surface area contributed by atoms with E-state index >= 15 is 0 Å². The van der Waals surface area contributed by atoms with Crippen molar-refractivity contribution in [3.8, 4) is 0 Å². The fourth-order valence-electron chi connectivity index (χ4n) is 2.80. The van der Waals surface area contributed by atoms with Crippen LogP contribution >= 0.6 is 0 Å². The quantitative estimate of drug-likeness (QED) is 0.904. The maximum Gasteiger partial charge on any atom is 0.279 e. The molecule has 1 unspecified atom stereocenters. The number of aryl methyl sites for hydroxylation is 2. The van der Waals surface area contributed by atoms with Crippen molar-refractivity contribution in [3.63, 3.8) is 0 Å². The molecule has 1 aromatic heterocycles. The van der Waals surface area contributed by atoms with E-state index in [-0.39, 0.29) is 24.1 Å². The van der Waals surface area contributed by atoms with Crippen LogP contribution in [0.4, 0.5) is 0 Å². The number of hydrogen-bond acceptors (Lipinski definition) is 4. The summed E-state index contributed by atoms with van der Waals surface area (Å²) >= 11 is 0. The van der Waals surface area contributed by atoms with Crippen molar-refractivity contribution in [1.82, 2.24) is 14.7 Å². The van der Waals surface area contributed by atoms with E-state index in [1.54, 1.807) is 20.9 Å². The van der Waals surface area contributed by atoms with Gasteiger partial charge in [-0.25, -0.2) is 4.68 Å². The second-order valence-corrected chi connectivity index (χ2v) is 5.87. The first kappa shape index (κ1) is 17.9. The second-order valence-electron chi connectivity index (χ2n) is 5.87. The molecule has 24 heavy (non-hydrogen) atoms. The summed E-state index contributed by atoms with van der Waals surface area (Å²) in [5.74, 6) is -0.360. The molecule has 2 aromatic rings. The Bertz CT molecular complexity index is 784. The monoisotopic (exact) mass is 329 g/mol. The molecule has 0 radical (unpaired) electrons. The van der Waals surface area contributed by atoms with Gasteiger partial charge in [0.1, 0.15) is 5.56 Å². The molecule has 1 aromatic carbocycles. The standard InChI is InChI=1S/C18H23N3O3/c1-12-13(2)19-21(4)18(24)16(12)17(23)20(3)15(10-11-22)14-8-6-5-7-9-14/h5-9,15,22H,10-11H2,1-4H3. The van der Waals surface area contributed by atoms with E-state index in [2.05, 4.69) is 5.10 Å². The number of rotatable bonds is 5. The van der Waals surface area contributed by atoms with E-state index < -0.39 is 5.56 Å². The van der Waals surface area contributed by atoms with E-state index in [9.17, 15) is 14.7 Å². The van der Waals surface area contributed by atoms with Crippen LogP contribution in [0.5, 0.6) is 0 Å². The molecule has 2 rings (SSSR count). The van der Waals surface area contributed by atoms with Crippen LogP contribution in [0.15, 0.2) is 35.1 Å². The number of aromatic nitrogens is 2. The molecule has 0 spiro atoms. The Labute approximate surface area is 141 Å². The lowest BCUT2D eigenvalue weighted by atomic mass is 10.0. The number of benzene rings is 1. The van der Waals surface area contributed by atoms with Gasteiger partial charge in [0.15, 0.2) is 0 Å². The Hall–Kier alpha value is -2.47. The Kier molecular flexibility index (Phi) is 5.51. The predicted octanol–water partition coefficient (Wildman–Crippen LogP) is 1.59. The summed E-state index contributed by atoms with van der Waals surface area (Å²) in [4.78, 5) is 26.9. The molecular formula is C18H23N3O3. The summed E-state index contributed by atoms with van der Waals surface area (Å²) in [5, 5.41) is 13.5. The molecule has 0 saturated heterocycles. The Morgan fingerprint density at radius 2 is 1.92 bits per heavy atom. The van der Waals surface area contributed by atoms with E-state index in [0.29, 0.717) is 17.7 Å². The van der Waals surface area contributed by atoms with Gasteiger partial charge in [0.05, 0.1) is 11.7 Å². The first-order valence-corrected chi connectivity index (χ1v) is 7.86. The first-order valence-electron chi connectivity index (χ1n) is 7.86. The third-order valence-electron chi connectivity index (χ3n) is 4.31. The highest BCUT2D eigenvalue weighted by Gasteiger charge is 2.26. The molecule has 0 aliphatic carbocycles. The number of nitrogens with zero attached hydrogens (tertiary/aromatic N) is 3. The number of amides is 1. The van der Waals surface area contributed by atoms with E-state index in [4.69, 9.17) is 0 Å². The SMILES string of the molecule is Cc1nn(C)c(=O)c(C(=O)N(C)C(CCO)c2ccccc2)c1C. The Balaban J connectivity index is 2.47. The molecule has 0 saturated carbocycles. The zero-order valence-corrected chi connectivity index (χ0v) is 14.5. The smallest absolute Gasteiger partial charge is 0.279 e. The molecule has 0 bridgehead atoms. The van der Waals surface area contributed by atoms with Crippen molar-refractivity contribution in [2.24, 2.45) is 7.05 Å². The summed E-state index contributed by atoms with van der Waals surface area (Å²) in [6.45, 7) is 3.45. The lowest BCUT2D eigenvalue weighted by Crippen LogP contribution is -2.38. The molecule has 0 fully saturated rings. The van der Waals surface area contributed by atoms with Gasteiger partial charge in [0.25, 0.3) is 11.5 Å². The Morgan fingerprint density at radius 3 is 2.50 bits per heavy atom. The van der Waals surface area contributed by atoms with Gasteiger partial charge in [-0.15, -0.1) is 0 Å². The van der Waals surface area contributed by atoms with Crippen molar-refractivity contribution in [1.29, 1.82) is 0 Å². The summed E-state index contributed by atoms with van der Waals surface area (Å²) in [6.07, 6.45) is 0.398. The molecule has 1 amide bonds. The molecule has 1 N–H and O–H groups in total. The fourth-order valence-corrected chi connectivity index (χ4v) is 2.80. The van der Waals surface area contributed by atoms with Gasteiger partial charge >= 0.3 is 0 Å². The van der Waals surface area contributed by atoms with Crippen LogP contribution in [-0.4, -0.2) is 39.3 Å². The number of aliphatic hydroxyl groups excluding tert-OH is 1. The molecule has 128 valence electrons. The van der Waals surface area contributed by atoms with Gasteiger partial charge < -0.3 is 10.0 Å². The normalized spacial score (nSPS) is 12.0. The molecule has 6 nitrogen and oxygen atoms in total. The highest BCUT2D eigenvalue weighted by molar-refractivity contribution is 5.95. The minimum absolute atomic E-state index is 0.0520. The fraction of sp³-hybridized carbons (Fsp3) is 0.389. The number of aliphatic hydroxyl groups is 1. The van der Waals surface area contributed by atoms with Crippen molar-refractivity contribution in [2.45, 2.75) is 26.3 Å². The van der Waals surface area contributed by atoms with Crippen molar-refractivity contribution in [3.05, 3.63) is 63.1 Å². The zero-order chi connectivity index (χ0) is 17.9. The number of carbonyl (C=O) groups is 1. The highest BCUT2D eigenvalue weighted by Crippen LogP contribution is 2.24. The third-order valence-corrected chi connectivity index (χ3v) is 4.31. The topological polar surface area (TPSA) is 75.4 Å². The van der Waals surface area contributed by atoms with Crippen LogP contribution in [0.25, 0.3) is 0 Å². The zero-order valence-electron chi connectivity index (χ0n) is 14.5. The molecule has 0 aliphatic heterocycles. The van der Waals surface area contributed by atoms with Crippen molar-refractivity contribution < 1.29 is 9.90 Å². The predicted molar refractivity (Wildman–Crippen MR) is 91.9 cm³/mol. The summed E-state index contributed by atoms with van der Waals surface area (Å²) in [7, 11) is 3.19. The van der Waals surface area contributed by atoms with Crippen LogP contribution < -0.4 is 5.56 Å². The lowest BCUT2D eigenvalue weighted by molar-refractivity contribution is 0.0701. The first-order chi connectivity index (χ1) is 11.4. The third kappa shape index (κ3) is 3.38. The number of hydrogen-bond donors (Lipinski definition) is 1. The van der Waals surface area contributed by atoms with Crippen LogP contribution in [0, 0.1) is 13.8 Å². The average Bonchev–Trinajstić information content (AvgIpc) is 2.58. The van der Waals surface area contributed by atoms with Gasteiger partial charge in [0, 0.05) is 20.7 Å². The van der Waals surface area contributed by atoms with E-state index in [1.807, 2.05) is 30.3 Å².